The van der Waals surface area contributed by atoms with E-state index in [1.54, 1.807) is 30.3 Å². The molecule has 0 aliphatic carbocycles. The van der Waals surface area contributed by atoms with Crippen LogP contribution in [0.25, 0.3) is 0 Å². The number of rotatable bonds is 3. The van der Waals surface area contributed by atoms with Gasteiger partial charge in [-0.05, 0) is 5.56 Å². The molecule has 0 aromatic heterocycles. The minimum Gasteiger partial charge on any atom is -0.284 e. The lowest BCUT2D eigenvalue weighted by Crippen LogP contribution is -2.27. The average molecular weight is 268 g/mol. The lowest BCUT2D eigenvalue weighted by Gasteiger charge is -2.06. The second kappa shape index (κ2) is 4.75. The molecule has 0 saturated carbocycles. The van der Waals surface area contributed by atoms with E-state index in [2.05, 4.69) is 10.2 Å². The molecule has 1 aromatic carbocycles. The minimum absolute atomic E-state index is 0.0484. The normalized spacial score (nSPS) is 15.2. The van der Waals surface area contributed by atoms with E-state index in [9.17, 15) is 22.8 Å². The highest BCUT2D eigenvalue weighted by Crippen LogP contribution is 2.28. The van der Waals surface area contributed by atoms with Crippen LogP contribution in [-0.2, 0) is 16.0 Å². The molecule has 1 aliphatic heterocycles. The molecule has 1 aliphatic rings. The number of benzene rings is 1. The molecule has 98 valence electrons. The fourth-order valence-electron chi connectivity index (χ4n) is 1.61. The van der Waals surface area contributed by atoms with Crippen LogP contribution in [-0.4, -0.2) is 17.9 Å². The summed E-state index contributed by atoms with van der Waals surface area (Å²) in [5.74, 6) is -3.44. The summed E-state index contributed by atoms with van der Waals surface area (Å²) in [4.78, 5) is 22.4. The van der Waals surface area contributed by atoms with Crippen molar-refractivity contribution in [1.29, 1.82) is 0 Å². The minimum atomic E-state index is -5.11. The van der Waals surface area contributed by atoms with Gasteiger partial charge >= 0.3 is 12.1 Å². The van der Waals surface area contributed by atoms with Crippen LogP contribution in [0.15, 0.2) is 51.8 Å². The monoisotopic (exact) mass is 268 g/mol. The maximum absolute atomic E-state index is 12.4. The first-order valence-electron chi connectivity index (χ1n) is 5.24. The molecule has 0 bridgehead atoms. The molecule has 0 saturated heterocycles. The Kier molecular flexibility index (Phi) is 3.28. The smallest absolute Gasteiger partial charge is 0.284 e. The van der Waals surface area contributed by atoms with Gasteiger partial charge in [0.2, 0.25) is 0 Å². The Labute approximate surface area is 105 Å². The molecule has 0 fully saturated rings. The summed E-state index contributed by atoms with van der Waals surface area (Å²) < 4.78 is 37.1. The van der Waals surface area contributed by atoms with Gasteiger partial charge in [-0.25, -0.2) is 0 Å². The standard InChI is InChI=1S/C12H7F3N2O2/c13-12(14,15)10(18)9-8(16-17-11(9)19)6-7-4-2-1-3-5-7/h1-5H,6H2. The summed E-state index contributed by atoms with van der Waals surface area (Å²) >= 11 is 0. The van der Waals surface area contributed by atoms with Crippen LogP contribution in [0.4, 0.5) is 13.2 Å². The third-order valence-corrected chi connectivity index (χ3v) is 2.46. The summed E-state index contributed by atoms with van der Waals surface area (Å²) in [6.45, 7) is 0. The van der Waals surface area contributed by atoms with E-state index in [1.807, 2.05) is 0 Å². The molecule has 1 heterocycles. The number of nitrogens with zero attached hydrogens (tertiary/aromatic N) is 2. The van der Waals surface area contributed by atoms with E-state index >= 15 is 0 Å². The van der Waals surface area contributed by atoms with Crippen LogP contribution < -0.4 is 0 Å². The Morgan fingerprint density at radius 3 is 2.32 bits per heavy atom. The number of allylic oxidation sites excluding steroid dienone is 1. The third-order valence-electron chi connectivity index (χ3n) is 2.46. The molecule has 0 radical (unpaired) electrons. The van der Waals surface area contributed by atoms with Gasteiger partial charge in [0.1, 0.15) is 5.57 Å². The van der Waals surface area contributed by atoms with Gasteiger partial charge in [-0.3, -0.25) is 9.59 Å². The van der Waals surface area contributed by atoms with Gasteiger partial charge < -0.3 is 0 Å². The predicted octanol–water partition coefficient (Wildman–Crippen LogP) is 2.61. The predicted molar refractivity (Wildman–Crippen MR) is 58.1 cm³/mol. The molecule has 19 heavy (non-hydrogen) atoms. The molecule has 2 rings (SSSR count). The van der Waals surface area contributed by atoms with Crippen molar-refractivity contribution in [3.63, 3.8) is 0 Å². The molecule has 0 N–H and O–H groups in total. The molecular formula is C12H7F3N2O2. The summed E-state index contributed by atoms with van der Waals surface area (Å²) in [6, 6.07) is 8.42. The first-order chi connectivity index (χ1) is 8.89. The summed E-state index contributed by atoms with van der Waals surface area (Å²) in [7, 11) is 0. The van der Waals surface area contributed by atoms with Crippen molar-refractivity contribution < 1.29 is 22.8 Å². The molecular weight excluding hydrogens is 261 g/mol. The second-order valence-electron chi connectivity index (χ2n) is 3.82. The van der Waals surface area contributed by atoms with E-state index in [0.29, 0.717) is 5.56 Å². The number of amides is 1. The van der Waals surface area contributed by atoms with Crippen LogP contribution in [0.5, 0.6) is 0 Å². The summed E-state index contributed by atoms with van der Waals surface area (Å²) in [5.41, 5.74) is -0.603. The number of carbonyl (C=O) groups excluding carboxylic acids is 2. The van der Waals surface area contributed by atoms with Crippen molar-refractivity contribution in [2.45, 2.75) is 12.6 Å². The molecule has 0 atom stereocenters. The van der Waals surface area contributed by atoms with Crippen LogP contribution in [0, 0.1) is 0 Å². The van der Waals surface area contributed by atoms with Crippen LogP contribution in [0.2, 0.25) is 0 Å². The number of hydrogen-bond acceptors (Lipinski definition) is 3. The van der Waals surface area contributed by atoms with Gasteiger partial charge in [0, 0.05) is 6.42 Å². The van der Waals surface area contributed by atoms with Crippen molar-refractivity contribution in [3.05, 3.63) is 47.2 Å². The van der Waals surface area contributed by atoms with Crippen molar-refractivity contribution in [2.24, 2.45) is 10.2 Å². The van der Waals surface area contributed by atoms with Gasteiger partial charge in [-0.1, -0.05) is 30.3 Å². The zero-order valence-electron chi connectivity index (χ0n) is 9.44. The Hall–Kier alpha value is -2.31. The molecule has 0 spiro atoms. The fraction of sp³-hybridized carbons (Fsp3) is 0.167. The molecule has 4 nitrogen and oxygen atoms in total. The first-order valence-corrected chi connectivity index (χ1v) is 5.24. The van der Waals surface area contributed by atoms with Gasteiger partial charge in [-0.15, -0.1) is 5.11 Å². The molecule has 7 heteroatoms. The van der Waals surface area contributed by atoms with Gasteiger partial charge in [0.05, 0.1) is 5.70 Å². The van der Waals surface area contributed by atoms with Crippen LogP contribution in [0.3, 0.4) is 0 Å². The Bertz CT molecular complexity index is 589. The Morgan fingerprint density at radius 1 is 1.11 bits per heavy atom. The van der Waals surface area contributed by atoms with Crippen molar-refractivity contribution >= 4 is 11.7 Å². The van der Waals surface area contributed by atoms with E-state index in [-0.39, 0.29) is 12.1 Å². The van der Waals surface area contributed by atoms with E-state index in [4.69, 9.17) is 0 Å². The van der Waals surface area contributed by atoms with Gasteiger partial charge in [0.15, 0.2) is 0 Å². The van der Waals surface area contributed by atoms with Crippen molar-refractivity contribution in [2.75, 3.05) is 0 Å². The fourth-order valence-corrected chi connectivity index (χ4v) is 1.61. The number of ketones is 1. The molecule has 1 amide bonds. The van der Waals surface area contributed by atoms with Gasteiger partial charge in [0.25, 0.3) is 5.78 Å². The van der Waals surface area contributed by atoms with Crippen LogP contribution in [0.1, 0.15) is 5.56 Å². The average Bonchev–Trinajstić information content (AvgIpc) is 2.70. The SMILES string of the molecule is O=C1N=NC(Cc2ccccc2)=C1C(=O)C(F)(F)F. The number of halogens is 3. The zero-order chi connectivity index (χ0) is 14.0. The Morgan fingerprint density at radius 2 is 1.74 bits per heavy atom. The van der Waals surface area contributed by atoms with Crippen molar-refractivity contribution in [3.8, 4) is 0 Å². The second-order valence-corrected chi connectivity index (χ2v) is 3.82. The summed E-state index contributed by atoms with van der Waals surface area (Å²) in [6.07, 6.45) is -5.16. The van der Waals surface area contributed by atoms with E-state index in [1.165, 1.54) is 0 Å². The zero-order valence-corrected chi connectivity index (χ0v) is 9.44. The molecule has 1 aromatic rings. The highest BCUT2D eigenvalue weighted by molar-refractivity contribution is 6.22. The first kappa shape index (κ1) is 13.1. The number of alkyl halides is 3. The highest BCUT2D eigenvalue weighted by Gasteiger charge is 2.45. The third kappa shape index (κ3) is 2.75. The Balaban J connectivity index is 2.35. The lowest BCUT2D eigenvalue weighted by atomic mass is 10.0. The maximum Gasteiger partial charge on any atom is 0.455 e. The number of azo groups is 1. The summed E-state index contributed by atoms with van der Waals surface area (Å²) in [5, 5.41) is 6.38. The number of carbonyl (C=O) groups is 2. The van der Waals surface area contributed by atoms with Gasteiger partial charge in [-0.2, -0.15) is 18.3 Å². The molecule has 0 unspecified atom stereocenters. The highest BCUT2D eigenvalue weighted by atomic mass is 19.4. The van der Waals surface area contributed by atoms with Crippen LogP contribution >= 0.6 is 0 Å². The van der Waals surface area contributed by atoms with E-state index < -0.39 is 23.4 Å². The quantitative estimate of drug-likeness (QED) is 0.791. The topological polar surface area (TPSA) is 58.9 Å². The largest absolute Gasteiger partial charge is 0.455 e. The maximum atomic E-state index is 12.4. The lowest BCUT2D eigenvalue weighted by molar-refractivity contribution is -0.167. The number of Topliss-reactive ketones (excluding diaryl/α,β-unsaturated/α-hetero) is 1. The van der Waals surface area contributed by atoms with Crippen molar-refractivity contribution in [1.82, 2.24) is 0 Å². The number of hydrogen-bond donors (Lipinski definition) is 0. The van der Waals surface area contributed by atoms with E-state index in [0.717, 1.165) is 0 Å².